The lowest BCUT2D eigenvalue weighted by molar-refractivity contribution is 0.0803. The molecule has 100 valence electrons. The molecule has 0 atom stereocenters. The molecule has 1 heterocycles. The Hall–Kier alpha value is -1.63. The predicted molar refractivity (Wildman–Crippen MR) is 70.1 cm³/mol. The number of nitrogen functional groups attached to an aromatic ring is 1. The monoisotopic (exact) mass is 271 g/mol. The van der Waals surface area contributed by atoms with E-state index in [0.29, 0.717) is 11.3 Å². The van der Waals surface area contributed by atoms with Crippen molar-refractivity contribution in [3.63, 3.8) is 0 Å². The number of anilines is 1. The molecule has 6 nitrogen and oxygen atoms in total. The van der Waals surface area contributed by atoms with Crippen molar-refractivity contribution < 1.29 is 13.2 Å². The van der Waals surface area contributed by atoms with Crippen LogP contribution in [-0.2, 0) is 9.84 Å². The van der Waals surface area contributed by atoms with Gasteiger partial charge in [0.05, 0.1) is 5.75 Å². The predicted octanol–water partition coefficient (Wildman–Crippen LogP) is 0.0888. The number of hydrogen-bond donors (Lipinski definition) is 1. The van der Waals surface area contributed by atoms with Crippen LogP contribution >= 0.6 is 0 Å². The summed E-state index contributed by atoms with van der Waals surface area (Å²) in [7, 11) is -1.53. The smallest absolute Gasteiger partial charge is 0.253 e. The van der Waals surface area contributed by atoms with Gasteiger partial charge in [-0.1, -0.05) is 0 Å². The fraction of sp³-hybridized carbons (Fsp3) is 0.455. The maximum atomic E-state index is 12.0. The van der Waals surface area contributed by atoms with Crippen LogP contribution in [0.4, 0.5) is 5.82 Å². The molecule has 0 fully saturated rings. The Morgan fingerprint density at radius 3 is 2.56 bits per heavy atom. The van der Waals surface area contributed by atoms with E-state index in [-0.39, 0.29) is 24.0 Å². The molecule has 0 saturated carbocycles. The Bertz CT molecular complexity index is 534. The van der Waals surface area contributed by atoms with Gasteiger partial charge in [-0.2, -0.15) is 0 Å². The third-order valence-electron chi connectivity index (χ3n) is 2.36. The molecule has 0 aliphatic rings. The molecule has 18 heavy (non-hydrogen) atoms. The summed E-state index contributed by atoms with van der Waals surface area (Å²) >= 11 is 0. The zero-order chi connectivity index (χ0) is 13.9. The van der Waals surface area contributed by atoms with E-state index in [9.17, 15) is 13.2 Å². The van der Waals surface area contributed by atoms with Crippen LogP contribution in [0.1, 0.15) is 16.1 Å². The van der Waals surface area contributed by atoms with E-state index in [4.69, 9.17) is 5.73 Å². The number of carbonyl (C=O) groups is 1. The van der Waals surface area contributed by atoms with Gasteiger partial charge in [-0.25, -0.2) is 13.4 Å². The summed E-state index contributed by atoms with van der Waals surface area (Å²) in [4.78, 5) is 17.3. The molecule has 1 aromatic rings. The largest absolute Gasteiger partial charge is 0.384 e. The lowest BCUT2D eigenvalue weighted by Gasteiger charge is -2.17. The second kappa shape index (κ2) is 5.34. The summed E-state index contributed by atoms with van der Waals surface area (Å²) in [5.41, 5.74) is 6.62. The van der Waals surface area contributed by atoms with Crippen LogP contribution in [0.3, 0.4) is 0 Å². The molecule has 2 N–H and O–H groups in total. The molecule has 7 heteroatoms. The van der Waals surface area contributed by atoms with Crippen molar-refractivity contribution in [3.8, 4) is 0 Å². The molecule has 1 rings (SSSR count). The van der Waals surface area contributed by atoms with E-state index in [1.807, 2.05) is 0 Å². The molecule has 0 aliphatic heterocycles. The van der Waals surface area contributed by atoms with Crippen molar-refractivity contribution in [2.45, 2.75) is 6.92 Å². The molecule has 1 amide bonds. The summed E-state index contributed by atoms with van der Waals surface area (Å²) in [5, 5.41) is 0. The van der Waals surface area contributed by atoms with Crippen LogP contribution in [0.2, 0.25) is 0 Å². The van der Waals surface area contributed by atoms with E-state index >= 15 is 0 Å². The minimum Gasteiger partial charge on any atom is -0.384 e. The van der Waals surface area contributed by atoms with Crippen molar-refractivity contribution >= 4 is 21.6 Å². The van der Waals surface area contributed by atoms with Gasteiger partial charge in [-0.15, -0.1) is 0 Å². The zero-order valence-corrected chi connectivity index (χ0v) is 11.5. The first kappa shape index (κ1) is 14.4. The normalized spacial score (nSPS) is 11.3. The highest BCUT2D eigenvalue weighted by molar-refractivity contribution is 7.90. The summed E-state index contributed by atoms with van der Waals surface area (Å²) < 4.78 is 22.1. The first-order valence-corrected chi connectivity index (χ1v) is 7.42. The zero-order valence-electron chi connectivity index (χ0n) is 10.7. The average molecular weight is 271 g/mol. The number of aromatic nitrogens is 1. The van der Waals surface area contributed by atoms with Gasteiger partial charge in [0, 0.05) is 31.1 Å². The topological polar surface area (TPSA) is 93.4 Å². The standard InChI is InChI=1S/C11H17N3O3S/c1-8-6-9(7-10(12)13-8)11(15)14(2)4-5-18(3,16)17/h6-7H,4-5H2,1-3H3,(H2,12,13). The molecular formula is C11H17N3O3S. The summed E-state index contributed by atoms with van der Waals surface area (Å²) in [5.74, 6) is -0.0554. The fourth-order valence-corrected chi connectivity index (χ4v) is 2.05. The summed E-state index contributed by atoms with van der Waals surface area (Å²) in [6.45, 7) is 1.89. The number of amides is 1. The first-order valence-electron chi connectivity index (χ1n) is 5.36. The number of pyridine rings is 1. The second-order valence-corrected chi connectivity index (χ2v) is 6.54. The van der Waals surface area contributed by atoms with Crippen LogP contribution in [-0.4, -0.2) is 49.8 Å². The Labute approximate surface area is 107 Å². The van der Waals surface area contributed by atoms with Gasteiger partial charge in [-0.3, -0.25) is 4.79 Å². The molecule has 1 aromatic heterocycles. The van der Waals surface area contributed by atoms with Crippen molar-refractivity contribution in [3.05, 3.63) is 23.4 Å². The number of sulfone groups is 1. The lowest BCUT2D eigenvalue weighted by Crippen LogP contribution is -2.31. The number of carbonyl (C=O) groups excluding carboxylic acids is 1. The van der Waals surface area contributed by atoms with Crippen LogP contribution in [0.15, 0.2) is 12.1 Å². The number of nitrogens with two attached hydrogens (primary N) is 1. The minimum atomic E-state index is -3.08. The minimum absolute atomic E-state index is 0.0607. The molecular weight excluding hydrogens is 254 g/mol. The Morgan fingerprint density at radius 1 is 1.44 bits per heavy atom. The molecule has 0 radical (unpaired) electrons. The van der Waals surface area contributed by atoms with E-state index in [0.717, 1.165) is 6.26 Å². The summed E-state index contributed by atoms with van der Waals surface area (Å²) in [6.07, 6.45) is 1.14. The van der Waals surface area contributed by atoms with Crippen LogP contribution < -0.4 is 5.73 Å². The highest BCUT2D eigenvalue weighted by Crippen LogP contribution is 2.09. The molecule has 0 aliphatic carbocycles. The third kappa shape index (κ3) is 4.33. The van der Waals surface area contributed by atoms with Crippen molar-refractivity contribution in [1.29, 1.82) is 0 Å². The quantitative estimate of drug-likeness (QED) is 0.837. The van der Waals surface area contributed by atoms with E-state index < -0.39 is 9.84 Å². The van der Waals surface area contributed by atoms with Gasteiger partial charge in [-0.05, 0) is 19.1 Å². The Kier molecular flexibility index (Phi) is 4.28. The molecule has 0 unspecified atom stereocenters. The van der Waals surface area contributed by atoms with Crippen LogP contribution in [0.25, 0.3) is 0 Å². The van der Waals surface area contributed by atoms with Gasteiger partial charge in [0.15, 0.2) is 0 Å². The number of rotatable bonds is 4. The maximum Gasteiger partial charge on any atom is 0.253 e. The average Bonchev–Trinajstić information content (AvgIpc) is 2.22. The van der Waals surface area contributed by atoms with E-state index in [1.165, 1.54) is 11.0 Å². The molecule has 0 saturated heterocycles. The molecule has 0 spiro atoms. The van der Waals surface area contributed by atoms with Crippen LogP contribution in [0, 0.1) is 6.92 Å². The second-order valence-electron chi connectivity index (χ2n) is 4.28. The van der Waals surface area contributed by atoms with Gasteiger partial charge in [0.1, 0.15) is 15.7 Å². The van der Waals surface area contributed by atoms with Crippen molar-refractivity contribution in [1.82, 2.24) is 9.88 Å². The lowest BCUT2D eigenvalue weighted by atomic mass is 10.2. The highest BCUT2D eigenvalue weighted by Gasteiger charge is 2.14. The van der Waals surface area contributed by atoms with Crippen molar-refractivity contribution in [2.24, 2.45) is 0 Å². The van der Waals surface area contributed by atoms with Gasteiger partial charge in [0.25, 0.3) is 5.91 Å². The van der Waals surface area contributed by atoms with Crippen LogP contribution in [0.5, 0.6) is 0 Å². The maximum absolute atomic E-state index is 12.0. The fourth-order valence-electron chi connectivity index (χ4n) is 1.44. The van der Waals surface area contributed by atoms with E-state index in [1.54, 1.807) is 20.0 Å². The van der Waals surface area contributed by atoms with E-state index in [2.05, 4.69) is 4.98 Å². The number of aryl methyl sites for hydroxylation is 1. The number of nitrogens with zero attached hydrogens (tertiary/aromatic N) is 2. The highest BCUT2D eigenvalue weighted by atomic mass is 32.2. The summed E-state index contributed by atoms with van der Waals surface area (Å²) in [6, 6.07) is 3.10. The van der Waals surface area contributed by atoms with Gasteiger partial charge >= 0.3 is 0 Å². The van der Waals surface area contributed by atoms with Gasteiger partial charge < -0.3 is 10.6 Å². The van der Waals surface area contributed by atoms with Crippen molar-refractivity contribution in [2.75, 3.05) is 31.3 Å². The molecule has 0 bridgehead atoms. The SMILES string of the molecule is Cc1cc(C(=O)N(C)CCS(C)(=O)=O)cc(N)n1. The number of hydrogen-bond acceptors (Lipinski definition) is 5. The first-order chi connectivity index (χ1) is 8.19. The van der Waals surface area contributed by atoms with Gasteiger partial charge in [0.2, 0.25) is 0 Å². The molecule has 0 aromatic carbocycles. The Balaban J connectivity index is 2.80. The third-order valence-corrected chi connectivity index (χ3v) is 3.29. The Morgan fingerprint density at radius 2 is 2.06 bits per heavy atom.